The monoisotopic (exact) mass is 615 g/mol. The van der Waals surface area contributed by atoms with Gasteiger partial charge in [0.2, 0.25) is 21.8 Å². The van der Waals surface area contributed by atoms with Gasteiger partial charge in [0.25, 0.3) is 0 Å². The molecule has 0 heterocycles. The summed E-state index contributed by atoms with van der Waals surface area (Å²) in [4.78, 5) is 28.1. The van der Waals surface area contributed by atoms with Crippen LogP contribution in [0.5, 0.6) is 11.5 Å². The van der Waals surface area contributed by atoms with Gasteiger partial charge in [-0.15, -0.1) is 0 Å². The van der Waals surface area contributed by atoms with Crippen LogP contribution in [0.15, 0.2) is 83.3 Å². The number of sulfonamides is 1. The highest BCUT2D eigenvalue weighted by Crippen LogP contribution is 2.26. The van der Waals surface area contributed by atoms with E-state index in [4.69, 9.17) is 4.74 Å². The van der Waals surface area contributed by atoms with E-state index in [2.05, 4.69) is 21.2 Å². The summed E-state index contributed by atoms with van der Waals surface area (Å²) in [5.41, 5.74) is 1.12. The Hall–Kier alpha value is -3.37. The molecule has 208 valence electrons. The first-order valence-electron chi connectivity index (χ1n) is 12.6. The molecule has 0 aliphatic carbocycles. The van der Waals surface area contributed by atoms with Crippen molar-refractivity contribution < 1.29 is 22.7 Å². The summed E-state index contributed by atoms with van der Waals surface area (Å²) < 4.78 is 33.3. The lowest BCUT2D eigenvalue weighted by molar-refractivity contribution is -0.139. The SMILES string of the molecule is CC[C@H](C)NC(=O)[C@@H](C)N(Cc1ccc(Br)cc1)C(=O)CN(c1ccc(Oc2ccccc2)cc1)S(C)(=O)=O. The molecule has 0 saturated heterocycles. The molecule has 8 nitrogen and oxygen atoms in total. The number of nitrogens with one attached hydrogen (secondary N) is 1. The number of halogens is 1. The number of carbonyl (C=O) groups excluding carboxylic acids is 2. The van der Waals surface area contributed by atoms with Crippen LogP contribution in [0.1, 0.15) is 32.8 Å². The molecule has 0 aliphatic heterocycles. The largest absolute Gasteiger partial charge is 0.457 e. The minimum atomic E-state index is -3.83. The molecule has 0 radical (unpaired) electrons. The fraction of sp³-hybridized carbons (Fsp3) is 0.310. The summed E-state index contributed by atoms with van der Waals surface area (Å²) >= 11 is 3.40. The number of ether oxygens (including phenoxy) is 1. The number of para-hydroxylation sites is 1. The average molecular weight is 617 g/mol. The van der Waals surface area contributed by atoms with Gasteiger partial charge in [0, 0.05) is 17.1 Å². The summed E-state index contributed by atoms with van der Waals surface area (Å²) in [7, 11) is -3.83. The van der Waals surface area contributed by atoms with Gasteiger partial charge in [-0.2, -0.15) is 0 Å². The summed E-state index contributed by atoms with van der Waals surface area (Å²) in [6.45, 7) is 5.18. The highest BCUT2D eigenvalue weighted by atomic mass is 79.9. The van der Waals surface area contributed by atoms with E-state index in [-0.39, 0.29) is 18.5 Å². The molecule has 2 amide bonds. The fourth-order valence-electron chi connectivity index (χ4n) is 3.75. The van der Waals surface area contributed by atoms with E-state index in [1.54, 1.807) is 31.2 Å². The quantitative estimate of drug-likeness (QED) is 0.297. The second-order valence-electron chi connectivity index (χ2n) is 9.32. The van der Waals surface area contributed by atoms with Crippen LogP contribution in [0.25, 0.3) is 0 Å². The lowest BCUT2D eigenvalue weighted by atomic mass is 10.1. The highest BCUT2D eigenvalue weighted by Gasteiger charge is 2.30. The van der Waals surface area contributed by atoms with Crippen LogP contribution in [0.4, 0.5) is 5.69 Å². The molecule has 10 heteroatoms. The first-order chi connectivity index (χ1) is 18.5. The number of nitrogens with zero attached hydrogens (tertiary/aromatic N) is 2. The average Bonchev–Trinajstić information content (AvgIpc) is 2.91. The van der Waals surface area contributed by atoms with E-state index in [0.29, 0.717) is 17.2 Å². The number of carbonyl (C=O) groups is 2. The predicted molar refractivity (Wildman–Crippen MR) is 157 cm³/mol. The van der Waals surface area contributed by atoms with E-state index in [9.17, 15) is 18.0 Å². The number of benzene rings is 3. The van der Waals surface area contributed by atoms with Crippen molar-refractivity contribution in [2.75, 3.05) is 17.1 Å². The highest BCUT2D eigenvalue weighted by molar-refractivity contribution is 9.10. The lowest BCUT2D eigenvalue weighted by Gasteiger charge is -2.32. The van der Waals surface area contributed by atoms with Crippen LogP contribution >= 0.6 is 15.9 Å². The second-order valence-corrected chi connectivity index (χ2v) is 12.1. The van der Waals surface area contributed by atoms with Gasteiger partial charge in [0.15, 0.2) is 0 Å². The first-order valence-corrected chi connectivity index (χ1v) is 15.3. The van der Waals surface area contributed by atoms with Gasteiger partial charge in [-0.3, -0.25) is 13.9 Å². The summed E-state index contributed by atoms with van der Waals surface area (Å²) in [6, 6.07) is 22.2. The maximum Gasteiger partial charge on any atom is 0.244 e. The predicted octanol–water partition coefficient (Wildman–Crippen LogP) is 5.34. The Balaban J connectivity index is 1.85. The van der Waals surface area contributed by atoms with Crippen molar-refractivity contribution in [2.45, 2.75) is 45.8 Å². The molecule has 0 aromatic heterocycles. The number of rotatable bonds is 12. The molecule has 0 fully saturated rings. The van der Waals surface area contributed by atoms with Gasteiger partial charge in [-0.1, -0.05) is 53.2 Å². The third-order valence-corrected chi connectivity index (χ3v) is 7.89. The topological polar surface area (TPSA) is 96.0 Å². The zero-order chi connectivity index (χ0) is 28.6. The van der Waals surface area contributed by atoms with Crippen LogP contribution < -0.4 is 14.4 Å². The molecule has 3 rings (SSSR count). The molecule has 0 spiro atoms. The maximum atomic E-state index is 13.7. The van der Waals surface area contributed by atoms with Gasteiger partial charge in [-0.05, 0) is 74.4 Å². The number of hydrogen-bond acceptors (Lipinski definition) is 5. The van der Waals surface area contributed by atoms with E-state index in [1.165, 1.54) is 4.90 Å². The smallest absolute Gasteiger partial charge is 0.244 e. The second kappa shape index (κ2) is 13.6. The van der Waals surface area contributed by atoms with Gasteiger partial charge < -0.3 is 15.0 Å². The Morgan fingerprint density at radius 3 is 2.08 bits per heavy atom. The van der Waals surface area contributed by atoms with Crippen LogP contribution in [0.2, 0.25) is 0 Å². The van der Waals surface area contributed by atoms with Crippen molar-refractivity contribution in [3.8, 4) is 11.5 Å². The zero-order valence-corrected chi connectivity index (χ0v) is 24.9. The zero-order valence-electron chi connectivity index (χ0n) is 22.5. The van der Waals surface area contributed by atoms with Gasteiger partial charge in [0.05, 0.1) is 11.9 Å². The molecular weight excluding hydrogens is 582 g/mol. The number of hydrogen-bond donors (Lipinski definition) is 1. The standard InChI is InChI=1S/C29H34BrN3O5S/c1-5-21(2)31-29(35)22(3)32(19-23-11-13-24(30)14-12-23)28(34)20-33(39(4,36)37)25-15-17-27(18-16-25)38-26-9-7-6-8-10-26/h6-18,21-22H,5,19-20H2,1-4H3,(H,31,35)/t21-,22+/m0/s1. The minimum absolute atomic E-state index is 0.0614. The third kappa shape index (κ3) is 8.83. The molecule has 0 bridgehead atoms. The van der Waals surface area contributed by atoms with E-state index in [0.717, 1.165) is 27.0 Å². The molecule has 39 heavy (non-hydrogen) atoms. The maximum absolute atomic E-state index is 13.7. The molecule has 3 aromatic carbocycles. The number of amides is 2. The van der Waals surface area contributed by atoms with Gasteiger partial charge >= 0.3 is 0 Å². The van der Waals surface area contributed by atoms with Crippen LogP contribution in [-0.2, 0) is 26.2 Å². The van der Waals surface area contributed by atoms with Gasteiger partial charge in [-0.25, -0.2) is 8.42 Å². The van der Waals surface area contributed by atoms with Crippen molar-refractivity contribution >= 4 is 43.5 Å². The van der Waals surface area contributed by atoms with Crippen molar-refractivity contribution in [3.05, 3.63) is 88.9 Å². The molecule has 1 N–H and O–H groups in total. The fourth-order valence-corrected chi connectivity index (χ4v) is 4.87. The van der Waals surface area contributed by atoms with Crippen molar-refractivity contribution in [3.63, 3.8) is 0 Å². The Labute approximate surface area is 239 Å². The third-order valence-electron chi connectivity index (χ3n) is 6.22. The normalized spacial score (nSPS) is 12.7. The van der Waals surface area contributed by atoms with Gasteiger partial charge in [0.1, 0.15) is 24.1 Å². The Morgan fingerprint density at radius 2 is 1.51 bits per heavy atom. The number of anilines is 1. The molecule has 0 unspecified atom stereocenters. The summed E-state index contributed by atoms with van der Waals surface area (Å²) in [6.07, 6.45) is 1.79. The molecule has 3 aromatic rings. The Kier molecular flexibility index (Phi) is 10.5. The van der Waals surface area contributed by atoms with Crippen LogP contribution in [-0.4, -0.2) is 50.0 Å². The van der Waals surface area contributed by atoms with E-state index < -0.39 is 28.5 Å². The lowest BCUT2D eigenvalue weighted by Crippen LogP contribution is -2.52. The van der Waals surface area contributed by atoms with Crippen molar-refractivity contribution in [1.82, 2.24) is 10.2 Å². The summed E-state index contributed by atoms with van der Waals surface area (Å²) in [5, 5.41) is 2.91. The van der Waals surface area contributed by atoms with Crippen molar-refractivity contribution in [2.24, 2.45) is 0 Å². The van der Waals surface area contributed by atoms with E-state index >= 15 is 0 Å². The minimum Gasteiger partial charge on any atom is -0.457 e. The van der Waals surface area contributed by atoms with Crippen LogP contribution in [0.3, 0.4) is 0 Å². The molecule has 2 atom stereocenters. The van der Waals surface area contributed by atoms with Crippen molar-refractivity contribution in [1.29, 1.82) is 0 Å². The Bertz CT molecular complexity index is 1350. The van der Waals surface area contributed by atoms with E-state index in [1.807, 2.05) is 68.4 Å². The Morgan fingerprint density at radius 1 is 0.923 bits per heavy atom. The van der Waals surface area contributed by atoms with Crippen LogP contribution in [0, 0.1) is 0 Å². The molecule has 0 aliphatic rings. The molecule has 0 saturated carbocycles. The molecular formula is C29H34BrN3O5S. The summed E-state index contributed by atoms with van der Waals surface area (Å²) in [5.74, 6) is 0.369. The first kappa shape index (κ1) is 30.2.